The van der Waals surface area contributed by atoms with Crippen molar-refractivity contribution in [1.29, 1.82) is 0 Å². The van der Waals surface area contributed by atoms with E-state index in [0.717, 1.165) is 93.3 Å². The van der Waals surface area contributed by atoms with E-state index < -0.39 is 11.9 Å². The zero-order valence-electron chi connectivity index (χ0n) is 35.7. The van der Waals surface area contributed by atoms with Crippen LogP contribution in [0.15, 0.2) is 53.5 Å². The van der Waals surface area contributed by atoms with Gasteiger partial charge in [-0.1, -0.05) is 6.07 Å². The molecule has 324 valence electrons. The summed E-state index contributed by atoms with van der Waals surface area (Å²) in [4.78, 5) is 65.5. The van der Waals surface area contributed by atoms with E-state index in [0.29, 0.717) is 29.2 Å². The third-order valence-corrected chi connectivity index (χ3v) is 15.1. The summed E-state index contributed by atoms with van der Waals surface area (Å²) in [7, 11) is 3.64. The standard InChI is InChI=1S/C46H56N12O4/c1-47-33-27-40(51-58-39(28-48-42(33)58)44(61)49-29-6-7-29)56-21-14-32-34(4-3-5-35(32)56)55-19-12-30(13-20-55)53-22-15-46(16-23-53)17-24-54(25-18-46)31-8-9-36-38(26-31)52(2)45(62)57(36)37-10-11-41(59)50-43(37)60/h3-5,8-9,26-30,37,47H,6-7,10-25H2,1-2H3,(H,49,61)(H,50,59,60). The Morgan fingerprint density at radius 3 is 2.32 bits per heavy atom. The van der Waals surface area contributed by atoms with Gasteiger partial charge in [0, 0.05) is 94.0 Å². The van der Waals surface area contributed by atoms with Crippen LogP contribution in [-0.4, -0.2) is 111 Å². The van der Waals surface area contributed by atoms with Crippen LogP contribution >= 0.6 is 0 Å². The summed E-state index contributed by atoms with van der Waals surface area (Å²) in [5, 5.41) is 13.8. The summed E-state index contributed by atoms with van der Waals surface area (Å²) in [5.41, 5.74) is 8.64. The Kier molecular flexibility index (Phi) is 9.54. The highest BCUT2D eigenvalue weighted by Crippen LogP contribution is 2.45. The van der Waals surface area contributed by atoms with Gasteiger partial charge in [0.25, 0.3) is 5.91 Å². The number of rotatable bonds is 8. The fourth-order valence-electron chi connectivity index (χ4n) is 11.2. The number of nitrogens with one attached hydrogen (secondary N) is 3. The van der Waals surface area contributed by atoms with E-state index in [9.17, 15) is 19.2 Å². The topological polar surface area (TPSA) is 157 Å². The van der Waals surface area contributed by atoms with Gasteiger partial charge in [0.05, 0.1) is 22.9 Å². The van der Waals surface area contributed by atoms with Crippen molar-refractivity contribution < 1.29 is 14.4 Å². The predicted octanol–water partition coefficient (Wildman–Crippen LogP) is 4.34. The van der Waals surface area contributed by atoms with Gasteiger partial charge in [-0.2, -0.15) is 0 Å². The zero-order valence-corrected chi connectivity index (χ0v) is 35.7. The quantitative estimate of drug-likeness (QED) is 0.191. The number of fused-ring (bicyclic) bond motifs is 3. The van der Waals surface area contributed by atoms with Crippen LogP contribution in [0.1, 0.15) is 86.3 Å². The van der Waals surface area contributed by atoms with Crippen molar-refractivity contribution in [3.63, 3.8) is 0 Å². The van der Waals surface area contributed by atoms with E-state index in [1.807, 2.05) is 19.2 Å². The lowest BCUT2D eigenvalue weighted by molar-refractivity contribution is -0.135. The molecule has 3 aromatic heterocycles. The van der Waals surface area contributed by atoms with Crippen molar-refractivity contribution in [3.8, 4) is 0 Å². The summed E-state index contributed by atoms with van der Waals surface area (Å²) >= 11 is 0. The minimum atomic E-state index is -0.676. The maximum atomic E-state index is 13.3. The molecular formula is C46H56N12O4. The van der Waals surface area contributed by atoms with Crippen molar-refractivity contribution in [2.24, 2.45) is 12.5 Å². The predicted molar refractivity (Wildman–Crippen MR) is 239 cm³/mol. The lowest BCUT2D eigenvalue weighted by atomic mass is 9.71. The lowest BCUT2D eigenvalue weighted by Gasteiger charge is -2.50. The number of aryl methyl sites for hydroxylation is 1. The van der Waals surface area contributed by atoms with Crippen molar-refractivity contribution in [2.75, 3.05) is 72.9 Å². The maximum Gasteiger partial charge on any atom is 0.329 e. The van der Waals surface area contributed by atoms with Gasteiger partial charge in [-0.3, -0.25) is 28.8 Å². The number of nitrogens with zero attached hydrogens (tertiary/aromatic N) is 9. The Morgan fingerprint density at radius 1 is 0.823 bits per heavy atom. The molecule has 16 heteroatoms. The molecule has 2 aromatic carbocycles. The molecule has 4 saturated heterocycles. The first-order chi connectivity index (χ1) is 30.2. The number of imide groups is 1. The zero-order chi connectivity index (χ0) is 42.3. The third-order valence-electron chi connectivity index (χ3n) is 15.1. The second-order valence-corrected chi connectivity index (χ2v) is 18.6. The Balaban J connectivity index is 0.709. The molecule has 1 saturated carbocycles. The van der Waals surface area contributed by atoms with Crippen LogP contribution < -0.4 is 36.3 Å². The molecule has 3 amide bonds. The summed E-state index contributed by atoms with van der Waals surface area (Å²) in [6.45, 7) is 7.24. The molecule has 62 heavy (non-hydrogen) atoms. The van der Waals surface area contributed by atoms with Crippen LogP contribution in [0.2, 0.25) is 0 Å². The van der Waals surface area contributed by atoms with Crippen LogP contribution in [0.3, 0.4) is 0 Å². The van der Waals surface area contributed by atoms with Crippen LogP contribution in [0, 0.1) is 5.41 Å². The molecule has 1 atom stereocenters. The van der Waals surface area contributed by atoms with Gasteiger partial charge < -0.3 is 30.2 Å². The van der Waals surface area contributed by atoms with Crippen molar-refractivity contribution >= 4 is 63.0 Å². The number of likely N-dealkylation sites (tertiary alicyclic amines) is 1. The van der Waals surface area contributed by atoms with Crippen LogP contribution in [0.4, 0.5) is 28.6 Å². The first-order valence-electron chi connectivity index (χ1n) is 22.7. The third kappa shape index (κ3) is 6.68. The van der Waals surface area contributed by atoms with Crippen LogP contribution in [0.25, 0.3) is 16.7 Å². The highest BCUT2D eigenvalue weighted by atomic mass is 16.2. The molecule has 11 rings (SSSR count). The van der Waals surface area contributed by atoms with Crippen LogP contribution in [0.5, 0.6) is 0 Å². The Bertz CT molecular complexity index is 2650. The molecule has 1 aliphatic carbocycles. The van der Waals surface area contributed by atoms with E-state index >= 15 is 0 Å². The number of amides is 3. The van der Waals surface area contributed by atoms with Gasteiger partial charge in [-0.15, -0.1) is 5.10 Å². The minimum absolute atomic E-state index is 0.130. The number of anilines is 5. The van der Waals surface area contributed by atoms with Crippen molar-refractivity contribution in [3.05, 3.63) is 70.4 Å². The highest BCUT2D eigenvalue weighted by molar-refractivity contribution is 6.00. The van der Waals surface area contributed by atoms with Crippen molar-refractivity contribution in [1.82, 2.24) is 39.3 Å². The van der Waals surface area contributed by atoms with E-state index in [2.05, 4.69) is 70.9 Å². The fraction of sp³-hybridized carbons (Fsp3) is 0.522. The first kappa shape index (κ1) is 39.0. The van der Waals surface area contributed by atoms with Gasteiger partial charge >= 0.3 is 5.69 Å². The Morgan fingerprint density at radius 2 is 1.58 bits per heavy atom. The van der Waals surface area contributed by atoms with Gasteiger partial charge in [0.1, 0.15) is 6.04 Å². The molecule has 1 spiro atoms. The Labute approximate surface area is 360 Å². The average Bonchev–Trinajstić information content (AvgIpc) is 3.72. The molecule has 5 fully saturated rings. The molecule has 6 aliphatic rings. The minimum Gasteiger partial charge on any atom is -0.385 e. The average molecular weight is 841 g/mol. The molecule has 3 N–H and O–H groups in total. The molecule has 0 radical (unpaired) electrons. The monoisotopic (exact) mass is 840 g/mol. The van der Waals surface area contributed by atoms with E-state index in [4.69, 9.17) is 5.10 Å². The number of carbonyl (C=O) groups is 3. The molecule has 0 bridgehead atoms. The van der Waals surface area contributed by atoms with E-state index in [1.165, 1.54) is 55.5 Å². The number of benzene rings is 2. The number of aromatic nitrogens is 5. The molecule has 8 heterocycles. The molecule has 1 unspecified atom stereocenters. The summed E-state index contributed by atoms with van der Waals surface area (Å²) in [6.07, 6.45) is 12.3. The van der Waals surface area contributed by atoms with Gasteiger partial charge in [-0.05, 0) is 113 Å². The summed E-state index contributed by atoms with van der Waals surface area (Å²) < 4.78 is 4.88. The number of piperidine rings is 4. The van der Waals surface area contributed by atoms with Gasteiger partial charge in [0.15, 0.2) is 17.2 Å². The normalized spacial score (nSPS) is 22.2. The molecule has 5 aliphatic heterocycles. The number of hydrogen-bond donors (Lipinski definition) is 3. The fourth-order valence-corrected chi connectivity index (χ4v) is 11.2. The van der Waals surface area contributed by atoms with E-state index in [-0.39, 0.29) is 30.0 Å². The number of imidazole rings is 2. The van der Waals surface area contributed by atoms with Gasteiger partial charge in [0.2, 0.25) is 11.8 Å². The SMILES string of the molecule is CNc1cc(N2CCc3c(N4CCC(N5CCC6(CCN(c7ccc8c(c7)n(C)c(=O)n8C7CCC(=O)NC7=O)CC6)CC5)CC4)cccc32)nn2c(C(=O)NC3CC3)cnc12. The first-order valence-corrected chi connectivity index (χ1v) is 22.7. The van der Waals surface area contributed by atoms with Crippen LogP contribution in [-0.2, 0) is 23.1 Å². The summed E-state index contributed by atoms with van der Waals surface area (Å²) in [5.74, 6) is -0.0182. The molecule has 5 aromatic rings. The number of carbonyl (C=O) groups excluding carboxylic acids is 3. The van der Waals surface area contributed by atoms with Gasteiger partial charge in [-0.25, -0.2) is 14.3 Å². The van der Waals surface area contributed by atoms with E-state index in [1.54, 1.807) is 26.9 Å². The Hall–Kier alpha value is -5.90. The van der Waals surface area contributed by atoms with Crippen molar-refractivity contribution in [2.45, 2.75) is 88.8 Å². The smallest absolute Gasteiger partial charge is 0.329 e. The lowest BCUT2D eigenvalue weighted by Crippen LogP contribution is -2.52. The second-order valence-electron chi connectivity index (χ2n) is 18.6. The molecular weight excluding hydrogens is 785 g/mol. The highest BCUT2D eigenvalue weighted by Gasteiger charge is 2.40. The second kappa shape index (κ2) is 15.2. The number of hydrogen-bond acceptors (Lipinski definition) is 11. The summed E-state index contributed by atoms with van der Waals surface area (Å²) in [6, 6.07) is 15.1. The molecule has 16 nitrogen and oxygen atoms in total. The largest absolute Gasteiger partial charge is 0.385 e. The maximum absolute atomic E-state index is 13.3.